The molecule has 0 spiro atoms. The highest BCUT2D eigenvalue weighted by molar-refractivity contribution is 5.92. The number of H-pyrrole nitrogens is 1. The summed E-state index contributed by atoms with van der Waals surface area (Å²) in [5.41, 5.74) is 5.25. The number of rotatable bonds is 4. The van der Waals surface area contributed by atoms with Crippen molar-refractivity contribution in [3.63, 3.8) is 0 Å². The van der Waals surface area contributed by atoms with Gasteiger partial charge in [-0.15, -0.1) is 10.2 Å². The summed E-state index contributed by atoms with van der Waals surface area (Å²) in [7, 11) is 1.81. The number of aromatic amines is 1. The molecule has 1 amide bonds. The smallest absolute Gasteiger partial charge is 0.312 e. The fourth-order valence-electron chi connectivity index (χ4n) is 4.25. The molecule has 0 unspecified atom stereocenters. The van der Waals surface area contributed by atoms with Crippen LogP contribution in [0, 0.1) is 6.92 Å². The maximum atomic E-state index is 13.5. The van der Waals surface area contributed by atoms with E-state index in [4.69, 9.17) is 4.42 Å². The van der Waals surface area contributed by atoms with E-state index < -0.39 is 6.04 Å². The van der Waals surface area contributed by atoms with Crippen LogP contribution in [0.15, 0.2) is 57.7 Å². The number of nitrogens with zero attached hydrogens (tertiary/aromatic N) is 8. The molecule has 174 valence electrons. The van der Waals surface area contributed by atoms with Crippen LogP contribution in [0.2, 0.25) is 0 Å². The third-order valence-corrected chi connectivity index (χ3v) is 5.91. The van der Waals surface area contributed by atoms with Crippen molar-refractivity contribution in [1.82, 2.24) is 39.9 Å². The molecule has 1 N–H and O–H groups in total. The first-order valence-electron chi connectivity index (χ1n) is 11.0. The molecule has 0 aliphatic carbocycles. The molecule has 5 rings (SSSR count). The van der Waals surface area contributed by atoms with Crippen LogP contribution in [-0.4, -0.2) is 58.5 Å². The third kappa shape index (κ3) is 3.74. The van der Waals surface area contributed by atoms with Crippen molar-refractivity contribution >= 4 is 12.1 Å². The second-order valence-corrected chi connectivity index (χ2v) is 8.15. The van der Waals surface area contributed by atoms with Crippen LogP contribution in [0.1, 0.15) is 47.7 Å². The molecule has 3 aromatic rings. The van der Waals surface area contributed by atoms with Crippen LogP contribution < -0.4 is 0 Å². The topological polar surface area (TPSA) is 121 Å². The summed E-state index contributed by atoms with van der Waals surface area (Å²) in [6.07, 6.45) is 13.6. The Morgan fingerprint density at radius 1 is 1.32 bits per heavy atom. The summed E-state index contributed by atoms with van der Waals surface area (Å²) < 4.78 is 7.43. The number of amides is 1. The number of fused-ring (bicyclic) bond motifs is 1. The minimum absolute atomic E-state index is 0.0820. The second kappa shape index (κ2) is 8.58. The normalized spacial score (nSPS) is 19.2. The highest BCUT2D eigenvalue weighted by atomic mass is 16.4. The van der Waals surface area contributed by atoms with E-state index in [1.807, 2.05) is 52.2 Å². The fraction of sp³-hybridized carbons (Fsp3) is 0.304. The van der Waals surface area contributed by atoms with Gasteiger partial charge in [0.2, 0.25) is 0 Å². The molecule has 0 saturated carbocycles. The van der Waals surface area contributed by atoms with E-state index in [9.17, 15) is 4.79 Å². The molecular weight excluding hydrogens is 434 g/mol. The summed E-state index contributed by atoms with van der Waals surface area (Å²) in [5, 5.41) is 18.9. The second-order valence-electron chi connectivity index (χ2n) is 8.15. The van der Waals surface area contributed by atoms with Crippen LogP contribution >= 0.6 is 0 Å². The lowest BCUT2D eigenvalue weighted by Gasteiger charge is -2.32. The van der Waals surface area contributed by atoms with E-state index in [-0.39, 0.29) is 17.7 Å². The Labute approximate surface area is 196 Å². The molecule has 0 radical (unpaired) electrons. The molecule has 0 saturated heterocycles. The van der Waals surface area contributed by atoms with Crippen LogP contribution in [0.4, 0.5) is 0 Å². The number of carbonyl (C=O) groups excluding carboxylic acids is 1. The molecule has 0 fully saturated rings. The molecular formula is C23H25N9O2. The molecule has 11 heteroatoms. The number of aromatic nitrogens is 6. The minimum Gasteiger partial charge on any atom is -0.412 e. The van der Waals surface area contributed by atoms with Crippen molar-refractivity contribution < 1.29 is 9.21 Å². The quantitative estimate of drug-likeness (QED) is 0.595. The standard InChI is InChI=1S/C23H25N9O2/c1-5-18-14(2)7-6-9-32(18)26-11-19-20-17(24-13-25-20)8-10-31(19)23(33)22-28-27-21(34-22)16-12-30(4)29-15(16)3/h5-7,9,11-13,19H,8,10H2,1-4H3,(H,24,25)/b18-5-,26-11+/t19-/m0/s1. The first-order chi connectivity index (χ1) is 16.5. The average Bonchev–Trinajstić information content (AvgIpc) is 3.56. The summed E-state index contributed by atoms with van der Waals surface area (Å²) in [6.45, 7) is 6.30. The van der Waals surface area contributed by atoms with Crippen LogP contribution in [0.25, 0.3) is 11.5 Å². The summed E-state index contributed by atoms with van der Waals surface area (Å²) in [6, 6.07) is -0.490. The lowest BCUT2D eigenvalue weighted by atomic mass is 10.0. The first-order valence-corrected chi connectivity index (χ1v) is 11.0. The monoisotopic (exact) mass is 459 g/mol. The van der Waals surface area contributed by atoms with Crippen LogP contribution in [-0.2, 0) is 13.5 Å². The van der Waals surface area contributed by atoms with E-state index in [1.54, 1.807) is 33.3 Å². The number of nitrogens with one attached hydrogen (secondary N) is 1. The molecule has 2 aliphatic rings. The molecule has 34 heavy (non-hydrogen) atoms. The Hall–Kier alpha value is -4.28. The highest BCUT2D eigenvalue weighted by Gasteiger charge is 2.35. The van der Waals surface area contributed by atoms with Crippen molar-refractivity contribution in [3.8, 4) is 11.5 Å². The number of hydrazone groups is 1. The SMILES string of the molecule is C/C=C1/C(C)=CC=CN1/N=C/[C@H]1c2nc[nH]c2CCN1C(=O)c1nnc(-c2cn(C)nc2C)o1. The summed E-state index contributed by atoms with van der Waals surface area (Å²) in [5.74, 6) is -0.196. The van der Waals surface area contributed by atoms with Gasteiger partial charge in [0, 0.05) is 38.1 Å². The lowest BCUT2D eigenvalue weighted by molar-refractivity contribution is 0.0672. The lowest BCUT2D eigenvalue weighted by Crippen LogP contribution is -2.41. The molecule has 0 bridgehead atoms. The van der Waals surface area contributed by atoms with Gasteiger partial charge in [0.15, 0.2) is 0 Å². The van der Waals surface area contributed by atoms with Crippen LogP contribution in [0.3, 0.4) is 0 Å². The molecule has 2 aliphatic heterocycles. The highest BCUT2D eigenvalue weighted by Crippen LogP contribution is 2.29. The predicted octanol–water partition coefficient (Wildman–Crippen LogP) is 2.91. The Morgan fingerprint density at radius 2 is 2.18 bits per heavy atom. The van der Waals surface area contributed by atoms with Gasteiger partial charge in [-0.3, -0.25) is 9.48 Å². The maximum Gasteiger partial charge on any atom is 0.312 e. The third-order valence-electron chi connectivity index (χ3n) is 5.91. The number of hydrogen-bond donors (Lipinski definition) is 1. The van der Waals surface area contributed by atoms with Gasteiger partial charge in [0.25, 0.3) is 5.89 Å². The molecule has 5 heterocycles. The Morgan fingerprint density at radius 3 is 2.94 bits per heavy atom. The zero-order chi connectivity index (χ0) is 23.8. The molecule has 3 aromatic heterocycles. The van der Waals surface area contributed by atoms with Gasteiger partial charge in [-0.05, 0) is 32.4 Å². The Bertz CT molecular complexity index is 1350. The molecule has 0 aromatic carbocycles. The van der Waals surface area contributed by atoms with Gasteiger partial charge >= 0.3 is 11.8 Å². The minimum atomic E-state index is -0.490. The summed E-state index contributed by atoms with van der Waals surface area (Å²) >= 11 is 0. The zero-order valence-corrected chi connectivity index (χ0v) is 19.4. The van der Waals surface area contributed by atoms with Crippen molar-refractivity contribution in [2.45, 2.75) is 33.2 Å². The number of hydrogen-bond acceptors (Lipinski definition) is 8. The van der Waals surface area contributed by atoms with E-state index in [0.29, 0.717) is 18.5 Å². The largest absolute Gasteiger partial charge is 0.412 e. The number of imidazole rings is 1. The van der Waals surface area contributed by atoms with Crippen LogP contribution in [0.5, 0.6) is 0 Å². The maximum absolute atomic E-state index is 13.5. The number of aryl methyl sites for hydroxylation is 2. The predicted molar refractivity (Wildman–Crippen MR) is 124 cm³/mol. The van der Waals surface area contributed by atoms with Gasteiger partial charge in [0.05, 0.1) is 35.2 Å². The van der Waals surface area contributed by atoms with Gasteiger partial charge in [0.1, 0.15) is 6.04 Å². The van der Waals surface area contributed by atoms with Crippen molar-refractivity contribution in [3.05, 3.63) is 71.2 Å². The number of allylic oxidation sites excluding steroid dienone is 4. The Balaban J connectivity index is 1.45. The van der Waals surface area contributed by atoms with Gasteiger partial charge in [-0.1, -0.05) is 12.2 Å². The van der Waals surface area contributed by atoms with Gasteiger partial charge < -0.3 is 14.3 Å². The van der Waals surface area contributed by atoms with E-state index in [2.05, 4.69) is 30.4 Å². The van der Waals surface area contributed by atoms with Crippen molar-refractivity contribution in [2.75, 3.05) is 6.54 Å². The first kappa shape index (κ1) is 21.6. The summed E-state index contributed by atoms with van der Waals surface area (Å²) in [4.78, 5) is 22.8. The van der Waals surface area contributed by atoms with Crippen molar-refractivity contribution in [2.24, 2.45) is 12.1 Å². The van der Waals surface area contributed by atoms with Gasteiger partial charge in [-0.2, -0.15) is 10.2 Å². The number of carbonyl (C=O) groups is 1. The molecule has 11 nitrogen and oxygen atoms in total. The van der Waals surface area contributed by atoms with E-state index in [0.717, 1.165) is 28.4 Å². The average molecular weight is 460 g/mol. The van der Waals surface area contributed by atoms with E-state index >= 15 is 0 Å². The molecule has 1 atom stereocenters. The van der Waals surface area contributed by atoms with Gasteiger partial charge in [-0.25, -0.2) is 9.99 Å². The fourth-order valence-corrected chi connectivity index (χ4v) is 4.25. The van der Waals surface area contributed by atoms with Crippen molar-refractivity contribution in [1.29, 1.82) is 0 Å². The van der Waals surface area contributed by atoms with E-state index in [1.165, 1.54) is 0 Å². The Kier molecular flexibility index (Phi) is 5.44. The zero-order valence-electron chi connectivity index (χ0n) is 19.4.